The maximum Gasteiger partial charge on any atom is 0.316 e. The first kappa shape index (κ1) is 16.3. The number of nitrogens with zero attached hydrogens (tertiary/aromatic N) is 2. The van der Waals surface area contributed by atoms with Crippen molar-refractivity contribution in [3.63, 3.8) is 0 Å². The standard InChI is InChI=1S/C18H16N4O3S/c1-24-12-4-5-14-13(9-12)11(10-20-14)6-7-19-17(23)18-21-16(22-25-18)15-3-2-8-26-15/h2-5,8-10,20H,6-7H2,1H3,(H,19,23). The van der Waals surface area contributed by atoms with E-state index in [2.05, 4.69) is 20.4 Å². The summed E-state index contributed by atoms with van der Waals surface area (Å²) >= 11 is 1.49. The van der Waals surface area contributed by atoms with E-state index in [1.54, 1.807) is 7.11 Å². The zero-order chi connectivity index (χ0) is 17.9. The average molecular weight is 368 g/mol. The minimum absolute atomic E-state index is 0.0333. The van der Waals surface area contributed by atoms with Crippen LogP contribution in [0.25, 0.3) is 21.6 Å². The summed E-state index contributed by atoms with van der Waals surface area (Å²) in [4.78, 5) is 20.4. The van der Waals surface area contributed by atoms with Crippen LogP contribution in [0.4, 0.5) is 0 Å². The lowest BCUT2D eigenvalue weighted by atomic mass is 10.1. The number of hydrogen-bond acceptors (Lipinski definition) is 6. The predicted molar refractivity (Wildman–Crippen MR) is 98.5 cm³/mol. The van der Waals surface area contributed by atoms with E-state index in [1.165, 1.54) is 11.3 Å². The Hall–Kier alpha value is -3.13. The molecule has 0 bridgehead atoms. The highest BCUT2D eigenvalue weighted by Gasteiger charge is 2.16. The Kier molecular flexibility index (Phi) is 4.40. The molecule has 4 rings (SSSR count). The van der Waals surface area contributed by atoms with Gasteiger partial charge in [-0.05, 0) is 41.6 Å². The van der Waals surface area contributed by atoms with Gasteiger partial charge in [-0.2, -0.15) is 4.98 Å². The normalized spacial score (nSPS) is 11.0. The fourth-order valence-electron chi connectivity index (χ4n) is 2.70. The number of aromatic nitrogens is 3. The summed E-state index contributed by atoms with van der Waals surface area (Å²) in [6, 6.07) is 9.63. The number of thiophene rings is 1. The van der Waals surface area contributed by atoms with Crippen LogP contribution in [0, 0.1) is 0 Å². The molecule has 1 amide bonds. The number of carbonyl (C=O) groups is 1. The third-order valence-electron chi connectivity index (χ3n) is 4.02. The number of nitrogens with one attached hydrogen (secondary N) is 2. The molecule has 0 saturated heterocycles. The van der Waals surface area contributed by atoms with Crippen molar-refractivity contribution in [3.8, 4) is 16.5 Å². The van der Waals surface area contributed by atoms with Crippen LogP contribution in [-0.4, -0.2) is 34.7 Å². The largest absolute Gasteiger partial charge is 0.497 e. The number of fused-ring (bicyclic) bond motifs is 1. The molecule has 4 aromatic rings. The van der Waals surface area contributed by atoms with E-state index in [1.807, 2.05) is 41.9 Å². The molecular weight excluding hydrogens is 352 g/mol. The molecule has 0 aliphatic heterocycles. The Bertz CT molecular complexity index is 1040. The molecule has 0 aliphatic rings. The van der Waals surface area contributed by atoms with Crippen LogP contribution in [-0.2, 0) is 6.42 Å². The van der Waals surface area contributed by atoms with E-state index in [0.29, 0.717) is 18.8 Å². The number of carbonyl (C=O) groups excluding carboxylic acids is 1. The highest BCUT2D eigenvalue weighted by Crippen LogP contribution is 2.24. The Morgan fingerprint density at radius 3 is 3.12 bits per heavy atom. The van der Waals surface area contributed by atoms with E-state index < -0.39 is 0 Å². The van der Waals surface area contributed by atoms with Crippen molar-refractivity contribution in [3.05, 3.63) is 53.4 Å². The second-order valence-electron chi connectivity index (χ2n) is 5.63. The van der Waals surface area contributed by atoms with Crippen molar-refractivity contribution in [2.75, 3.05) is 13.7 Å². The lowest BCUT2D eigenvalue weighted by molar-refractivity contribution is 0.0910. The number of rotatable bonds is 6. The molecule has 7 nitrogen and oxygen atoms in total. The van der Waals surface area contributed by atoms with E-state index in [-0.39, 0.29) is 11.8 Å². The van der Waals surface area contributed by atoms with Gasteiger partial charge in [0.2, 0.25) is 5.82 Å². The summed E-state index contributed by atoms with van der Waals surface area (Å²) in [5.74, 6) is 0.815. The summed E-state index contributed by atoms with van der Waals surface area (Å²) in [7, 11) is 1.64. The van der Waals surface area contributed by atoms with Crippen LogP contribution >= 0.6 is 11.3 Å². The van der Waals surface area contributed by atoms with Crippen molar-refractivity contribution >= 4 is 28.1 Å². The zero-order valence-electron chi connectivity index (χ0n) is 14.0. The first-order chi connectivity index (χ1) is 12.7. The maximum absolute atomic E-state index is 12.2. The topological polar surface area (TPSA) is 93.0 Å². The molecule has 3 aromatic heterocycles. The fraction of sp³-hybridized carbons (Fsp3) is 0.167. The maximum atomic E-state index is 12.2. The van der Waals surface area contributed by atoms with Gasteiger partial charge in [0, 0.05) is 23.6 Å². The first-order valence-electron chi connectivity index (χ1n) is 8.04. The third-order valence-corrected chi connectivity index (χ3v) is 4.88. The smallest absolute Gasteiger partial charge is 0.316 e. The second kappa shape index (κ2) is 7.01. The highest BCUT2D eigenvalue weighted by molar-refractivity contribution is 7.13. The second-order valence-corrected chi connectivity index (χ2v) is 6.58. The van der Waals surface area contributed by atoms with Crippen molar-refractivity contribution in [1.29, 1.82) is 0 Å². The summed E-state index contributed by atoms with van der Waals surface area (Å²) < 4.78 is 10.3. The van der Waals surface area contributed by atoms with Crippen molar-refractivity contribution in [1.82, 2.24) is 20.4 Å². The SMILES string of the molecule is COc1ccc2[nH]cc(CCNC(=O)c3nc(-c4cccs4)no3)c2c1. The lowest BCUT2D eigenvalue weighted by Crippen LogP contribution is -2.25. The Morgan fingerprint density at radius 2 is 2.31 bits per heavy atom. The molecule has 3 heterocycles. The van der Waals surface area contributed by atoms with Gasteiger partial charge in [-0.15, -0.1) is 11.3 Å². The Balaban J connectivity index is 1.39. The summed E-state index contributed by atoms with van der Waals surface area (Å²) in [5.41, 5.74) is 2.13. The number of aromatic amines is 1. The van der Waals surface area contributed by atoms with Crippen molar-refractivity contribution in [2.24, 2.45) is 0 Å². The Labute approximate surface area is 153 Å². The molecule has 0 aliphatic carbocycles. The van der Waals surface area contributed by atoms with Crippen LogP contribution in [0.1, 0.15) is 16.2 Å². The molecule has 26 heavy (non-hydrogen) atoms. The molecular formula is C18H16N4O3S. The molecule has 0 spiro atoms. The van der Waals surface area contributed by atoms with Gasteiger partial charge >= 0.3 is 11.8 Å². The molecule has 1 aromatic carbocycles. The van der Waals surface area contributed by atoms with Crippen LogP contribution in [0.15, 0.2) is 46.4 Å². The summed E-state index contributed by atoms with van der Waals surface area (Å²) in [6.07, 6.45) is 2.61. The number of methoxy groups -OCH3 is 1. The quantitative estimate of drug-likeness (QED) is 0.545. The summed E-state index contributed by atoms with van der Waals surface area (Å²) in [6.45, 7) is 0.458. The Morgan fingerprint density at radius 1 is 1.38 bits per heavy atom. The molecule has 0 radical (unpaired) electrons. The van der Waals surface area contributed by atoms with Gasteiger partial charge in [0.05, 0.1) is 12.0 Å². The molecule has 0 unspecified atom stereocenters. The third kappa shape index (κ3) is 3.18. The van der Waals surface area contributed by atoms with Crippen LogP contribution < -0.4 is 10.1 Å². The van der Waals surface area contributed by atoms with Gasteiger partial charge in [0.1, 0.15) is 5.75 Å². The molecule has 0 saturated carbocycles. The number of benzene rings is 1. The first-order valence-corrected chi connectivity index (χ1v) is 8.92. The number of amides is 1. The van der Waals surface area contributed by atoms with Gasteiger partial charge in [0.15, 0.2) is 0 Å². The van der Waals surface area contributed by atoms with E-state index in [9.17, 15) is 4.79 Å². The summed E-state index contributed by atoms with van der Waals surface area (Å²) in [5, 5.41) is 9.65. The predicted octanol–water partition coefficient (Wildman–Crippen LogP) is 3.26. The fourth-order valence-corrected chi connectivity index (χ4v) is 3.35. The minimum Gasteiger partial charge on any atom is -0.497 e. The number of hydrogen-bond donors (Lipinski definition) is 2. The monoisotopic (exact) mass is 368 g/mol. The minimum atomic E-state index is -0.377. The highest BCUT2D eigenvalue weighted by atomic mass is 32.1. The molecule has 8 heteroatoms. The molecule has 0 fully saturated rings. The van der Waals surface area contributed by atoms with Crippen LogP contribution in [0.3, 0.4) is 0 Å². The van der Waals surface area contributed by atoms with Gasteiger partial charge in [-0.3, -0.25) is 4.79 Å². The zero-order valence-corrected chi connectivity index (χ0v) is 14.8. The van der Waals surface area contributed by atoms with E-state index in [4.69, 9.17) is 9.26 Å². The van der Waals surface area contributed by atoms with Gasteiger partial charge in [-0.1, -0.05) is 11.2 Å². The molecule has 132 valence electrons. The van der Waals surface area contributed by atoms with E-state index in [0.717, 1.165) is 27.1 Å². The molecule has 2 N–H and O–H groups in total. The van der Waals surface area contributed by atoms with Gasteiger partial charge < -0.3 is 19.6 Å². The lowest BCUT2D eigenvalue weighted by Gasteiger charge is -2.03. The van der Waals surface area contributed by atoms with Crippen LogP contribution in [0.2, 0.25) is 0 Å². The van der Waals surface area contributed by atoms with Gasteiger partial charge in [-0.25, -0.2) is 0 Å². The van der Waals surface area contributed by atoms with Crippen molar-refractivity contribution in [2.45, 2.75) is 6.42 Å². The average Bonchev–Trinajstić information content (AvgIpc) is 3.41. The van der Waals surface area contributed by atoms with Crippen LogP contribution in [0.5, 0.6) is 5.75 Å². The molecule has 0 atom stereocenters. The number of H-pyrrole nitrogens is 1. The number of ether oxygens (including phenoxy) is 1. The van der Waals surface area contributed by atoms with Gasteiger partial charge in [0.25, 0.3) is 0 Å². The van der Waals surface area contributed by atoms with Crippen molar-refractivity contribution < 1.29 is 14.1 Å². The van der Waals surface area contributed by atoms with E-state index >= 15 is 0 Å².